The summed E-state index contributed by atoms with van der Waals surface area (Å²) in [6.07, 6.45) is 0. The lowest BCUT2D eigenvalue weighted by Crippen LogP contribution is -1.99. The zero-order valence-corrected chi connectivity index (χ0v) is 8.20. The van der Waals surface area contributed by atoms with Crippen LogP contribution in [0.1, 0.15) is 0 Å². The third kappa shape index (κ3) is 1.03. The van der Waals surface area contributed by atoms with Gasteiger partial charge in [-0.15, -0.1) is 0 Å². The van der Waals surface area contributed by atoms with Gasteiger partial charge in [0.1, 0.15) is 5.75 Å². The van der Waals surface area contributed by atoms with E-state index >= 15 is 0 Å². The van der Waals surface area contributed by atoms with Crippen LogP contribution in [-0.2, 0) is 0 Å². The second kappa shape index (κ2) is 2.74. The molecule has 72 valence electrons. The molecule has 1 N–H and O–H groups in total. The van der Waals surface area contributed by atoms with Crippen molar-refractivity contribution in [3.05, 3.63) is 47.7 Å². The molecule has 0 unspecified atom stereocenters. The fourth-order valence-electron chi connectivity index (χ4n) is 2.14. The summed E-state index contributed by atoms with van der Waals surface area (Å²) in [7, 11) is 0. The summed E-state index contributed by atoms with van der Waals surface area (Å²) in [5.41, 5.74) is 0. The first-order valence-electron chi connectivity index (χ1n) is 4.89. The Hall–Kier alpha value is -2.02. The number of phenols is 1. The molecule has 0 aromatic heterocycles. The summed E-state index contributed by atoms with van der Waals surface area (Å²) in [4.78, 5) is 0. The van der Waals surface area contributed by atoms with Gasteiger partial charge in [0, 0.05) is 10.8 Å². The minimum Gasteiger partial charge on any atom is -0.507 e. The van der Waals surface area contributed by atoms with Gasteiger partial charge >= 0.3 is 0 Å². The Morgan fingerprint density at radius 2 is 1.60 bits per heavy atom. The molecule has 3 rings (SSSR count). The molecule has 0 heterocycles. The molecule has 0 spiro atoms. The molecule has 1 nitrogen and oxygen atoms in total. The highest BCUT2D eigenvalue weighted by atomic mass is 16.3. The van der Waals surface area contributed by atoms with Crippen LogP contribution in [0, 0.1) is 0 Å². The summed E-state index contributed by atoms with van der Waals surface area (Å²) in [6.45, 7) is 3.95. The van der Waals surface area contributed by atoms with E-state index in [0.717, 1.165) is 26.8 Å². The molecular weight excluding hydrogens is 184 g/mol. The lowest BCUT2D eigenvalue weighted by atomic mass is 9.99. The van der Waals surface area contributed by atoms with Crippen molar-refractivity contribution in [1.82, 2.24) is 0 Å². The second-order valence-corrected chi connectivity index (χ2v) is 3.76. The standard InChI is InChI=1S/C14H10O/c1-9-8-13(15)12-7-3-5-10-4-2-6-11(9)14(10)12/h2-8,15H,1H2. The average molecular weight is 194 g/mol. The van der Waals surface area contributed by atoms with E-state index in [2.05, 4.69) is 6.58 Å². The minimum absolute atomic E-state index is 0.310. The Morgan fingerprint density at radius 3 is 2.33 bits per heavy atom. The van der Waals surface area contributed by atoms with E-state index in [1.807, 2.05) is 36.4 Å². The fraction of sp³-hybridized carbons (Fsp3) is 0. The molecule has 0 aliphatic rings. The van der Waals surface area contributed by atoms with Crippen molar-refractivity contribution in [3.8, 4) is 5.75 Å². The lowest BCUT2D eigenvalue weighted by molar-refractivity contribution is 0.481. The molecule has 3 aromatic carbocycles. The second-order valence-electron chi connectivity index (χ2n) is 3.76. The van der Waals surface area contributed by atoms with Gasteiger partial charge in [-0.1, -0.05) is 43.0 Å². The maximum Gasteiger partial charge on any atom is 0.124 e. The number of hydrogen-bond acceptors (Lipinski definition) is 1. The summed E-state index contributed by atoms with van der Waals surface area (Å²) in [6, 6.07) is 13.8. The highest BCUT2D eigenvalue weighted by Gasteiger charge is 2.05. The Balaban J connectivity index is 2.79. The fourth-order valence-corrected chi connectivity index (χ4v) is 2.14. The average Bonchev–Trinajstić information content (AvgIpc) is 2.25. The SMILES string of the molecule is C=c1cc(O)c2cccc3cccc1c32. The monoisotopic (exact) mass is 194 g/mol. The van der Waals surface area contributed by atoms with Gasteiger partial charge in [-0.25, -0.2) is 0 Å². The van der Waals surface area contributed by atoms with Crippen LogP contribution in [0.4, 0.5) is 0 Å². The van der Waals surface area contributed by atoms with E-state index in [9.17, 15) is 5.11 Å². The number of hydrogen-bond donors (Lipinski definition) is 1. The zero-order chi connectivity index (χ0) is 10.4. The first kappa shape index (κ1) is 8.30. The third-order valence-corrected chi connectivity index (χ3v) is 2.84. The number of phenolic OH excluding ortho intramolecular Hbond substituents is 1. The minimum atomic E-state index is 0.310. The van der Waals surface area contributed by atoms with E-state index in [1.165, 1.54) is 0 Å². The Morgan fingerprint density at radius 1 is 0.933 bits per heavy atom. The van der Waals surface area contributed by atoms with Crippen molar-refractivity contribution in [2.75, 3.05) is 0 Å². The van der Waals surface area contributed by atoms with Gasteiger partial charge in [-0.05, 0) is 22.1 Å². The quantitative estimate of drug-likeness (QED) is 0.583. The van der Waals surface area contributed by atoms with Crippen LogP contribution in [0.15, 0.2) is 42.5 Å². The van der Waals surface area contributed by atoms with Crippen LogP contribution in [0.25, 0.3) is 28.1 Å². The molecule has 0 radical (unpaired) electrons. The zero-order valence-electron chi connectivity index (χ0n) is 8.20. The molecule has 0 aliphatic carbocycles. The number of rotatable bonds is 0. The Labute approximate surface area is 87.3 Å². The van der Waals surface area contributed by atoms with E-state index in [1.54, 1.807) is 6.07 Å². The van der Waals surface area contributed by atoms with Gasteiger partial charge in [0.15, 0.2) is 0 Å². The highest BCUT2D eigenvalue weighted by molar-refractivity contribution is 6.12. The molecule has 0 fully saturated rings. The predicted molar refractivity (Wildman–Crippen MR) is 63.9 cm³/mol. The maximum absolute atomic E-state index is 9.84. The normalized spacial score (nSPS) is 11.2. The van der Waals surface area contributed by atoms with Gasteiger partial charge in [0.2, 0.25) is 0 Å². The number of benzene rings is 3. The first-order chi connectivity index (χ1) is 7.27. The van der Waals surface area contributed by atoms with Gasteiger partial charge in [0.05, 0.1) is 0 Å². The van der Waals surface area contributed by atoms with Crippen molar-refractivity contribution in [3.63, 3.8) is 0 Å². The van der Waals surface area contributed by atoms with Crippen LogP contribution in [-0.4, -0.2) is 5.11 Å². The molecule has 15 heavy (non-hydrogen) atoms. The molecule has 0 saturated carbocycles. The topological polar surface area (TPSA) is 20.2 Å². The maximum atomic E-state index is 9.84. The molecule has 0 aliphatic heterocycles. The van der Waals surface area contributed by atoms with Crippen LogP contribution < -0.4 is 5.22 Å². The molecular formula is C14H10O. The molecule has 3 aromatic rings. The van der Waals surface area contributed by atoms with Gasteiger partial charge < -0.3 is 5.11 Å². The molecule has 1 heteroatoms. The van der Waals surface area contributed by atoms with Crippen molar-refractivity contribution in [1.29, 1.82) is 0 Å². The van der Waals surface area contributed by atoms with Crippen molar-refractivity contribution < 1.29 is 5.11 Å². The van der Waals surface area contributed by atoms with Crippen LogP contribution in [0.3, 0.4) is 0 Å². The smallest absolute Gasteiger partial charge is 0.124 e. The van der Waals surface area contributed by atoms with E-state index in [-0.39, 0.29) is 0 Å². The summed E-state index contributed by atoms with van der Waals surface area (Å²) >= 11 is 0. The Kier molecular flexibility index (Phi) is 1.51. The van der Waals surface area contributed by atoms with Crippen LogP contribution in [0.5, 0.6) is 5.75 Å². The van der Waals surface area contributed by atoms with E-state index < -0.39 is 0 Å². The lowest BCUT2D eigenvalue weighted by Gasteiger charge is -2.07. The van der Waals surface area contributed by atoms with Gasteiger partial charge in [-0.2, -0.15) is 0 Å². The predicted octanol–water partition coefficient (Wildman–Crippen LogP) is 2.83. The van der Waals surface area contributed by atoms with E-state index in [4.69, 9.17) is 0 Å². The summed E-state index contributed by atoms with van der Waals surface area (Å²) < 4.78 is 0. The summed E-state index contributed by atoms with van der Waals surface area (Å²) in [5.74, 6) is 0.310. The molecule has 0 atom stereocenters. The third-order valence-electron chi connectivity index (χ3n) is 2.84. The molecule has 0 saturated heterocycles. The van der Waals surface area contributed by atoms with Crippen molar-refractivity contribution in [2.45, 2.75) is 0 Å². The first-order valence-corrected chi connectivity index (χ1v) is 4.89. The van der Waals surface area contributed by atoms with Crippen molar-refractivity contribution >= 4 is 28.1 Å². The molecule has 0 amide bonds. The molecule has 0 bridgehead atoms. The van der Waals surface area contributed by atoms with Crippen LogP contribution in [0.2, 0.25) is 0 Å². The largest absolute Gasteiger partial charge is 0.507 e. The van der Waals surface area contributed by atoms with Gasteiger partial charge in [-0.3, -0.25) is 0 Å². The van der Waals surface area contributed by atoms with Crippen LogP contribution >= 0.6 is 0 Å². The number of aromatic hydroxyl groups is 1. The summed E-state index contributed by atoms with van der Waals surface area (Å²) in [5, 5.41) is 15.0. The van der Waals surface area contributed by atoms with Gasteiger partial charge in [0.25, 0.3) is 0 Å². The highest BCUT2D eigenvalue weighted by Crippen LogP contribution is 2.29. The Bertz CT molecular complexity index is 693. The van der Waals surface area contributed by atoms with E-state index in [0.29, 0.717) is 5.75 Å². The van der Waals surface area contributed by atoms with Crippen molar-refractivity contribution in [2.24, 2.45) is 0 Å².